The minimum absolute atomic E-state index is 0.00981. The number of amides is 1. The summed E-state index contributed by atoms with van der Waals surface area (Å²) in [5.41, 5.74) is 0.722. The monoisotopic (exact) mass is 395 g/mol. The zero-order valence-corrected chi connectivity index (χ0v) is 14.9. The highest BCUT2D eigenvalue weighted by atomic mass is 32.1. The lowest BCUT2D eigenvalue weighted by Crippen LogP contribution is -2.11. The van der Waals surface area contributed by atoms with Gasteiger partial charge >= 0.3 is 6.61 Å². The van der Waals surface area contributed by atoms with Gasteiger partial charge in [0.15, 0.2) is 0 Å². The van der Waals surface area contributed by atoms with E-state index in [-0.39, 0.29) is 11.3 Å². The summed E-state index contributed by atoms with van der Waals surface area (Å²) in [5, 5.41) is 12.2. The fraction of sp³-hybridized carbons (Fsp3) is 0.235. The van der Waals surface area contributed by atoms with Crippen molar-refractivity contribution in [1.29, 1.82) is 0 Å². The molecule has 0 saturated carbocycles. The van der Waals surface area contributed by atoms with E-state index in [0.717, 1.165) is 11.5 Å². The van der Waals surface area contributed by atoms with E-state index in [1.54, 1.807) is 19.1 Å². The van der Waals surface area contributed by atoms with Crippen molar-refractivity contribution in [2.75, 3.05) is 5.32 Å². The Morgan fingerprint density at radius 3 is 2.96 bits per heavy atom. The normalized spacial score (nSPS) is 12.2. The molecule has 1 atom stereocenters. The first-order chi connectivity index (χ1) is 12.9. The topological polar surface area (TPSA) is 97.5 Å². The van der Waals surface area contributed by atoms with Crippen molar-refractivity contribution in [2.45, 2.75) is 26.1 Å². The number of anilines is 1. The lowest BCUT2D eigenvalue weighted by molar-refractivity contribution is -0.0498. The van der Waals surface area contributed by atoms with Crippen LogP contribution in [-0.2, 0) is 6.42 Å². The predicted octanol–water partition coefficient (Wildman–Crippen LogP) is 3.58. The van der Waals surface area contributed by atoms with Crippen LogP contribution in [0.4, 0.5) is 13.9 Å². The number of carbonyl (C=O) groups excluding carboxylic acids is 1. The third-order valence-corrected chi connectivity index (χ3v) is 4.04. The van der Waals surface area contributed by atoms with E-state index in [9.17, 15) is 18.7 Å². The Morgan fingerprint density at radius 2 is 2.22 bits per heavy atom. The maximum atomic E-state index is 12.3. The average molecular weight is 395 g/mol. The molecular formula is C17H15F2N3O4S. The van der Waals surface area contributed by atoms with Crippen molar-refractivity contribution < 1.29 is 27.8 Å². The summed E-state index contributed by atoms with van der Waals surface area (Å²) in [4.78, 5) is 16.4. The Morgan fingerprint density at radius 1 is 1.41 bits per heavy atom. The predicted molar refractivity (Wildman–Crippen MR) is 94.0 cm³/mol. The van der Waals surface area contributed by atoms with Crippen LogP contribution >= 0.6 is 11.5 Å². The summed E-state index contributed by atoms with van der Waals surface area (Å²) in [7, 11) is 0. The van der Waals surface area contributed by atoms with E-state index in [4.69, 9.17) is 4.42 Å². The van der Waals surface area contributed by atoms with Gasteiger partial charge in [-0.25, -0.2) is 4.98 Å². The van der Waals surface area contributed by atoms with Gasteiger partial charge in [0.05, 0.1) is 11.7 Å². The number of nitrogens with zero attached hydrogens (tertiary/aromatic N) is 2. The zero-order valence-electron chi connectivity index (χ0n) is 14.1. The number of alkyl halides is 2. The highest BCUT2D eigenvalue weighted by Crippen LogP contribution is 2.27. The molecule has 1 amide bonds. The standard InChI is InChI=1S/C17H15F2N3O4S/c1-9(23)5-14-20-17(27-22-14)21-15(24)11-7-13(25-8-11)10-3-2-4-12(6-10)26-16(18)19/h2-4,6-9,16,23H,5H2,1H3,(H,20,21,22,24). The van der Waals surface area contributed by atoms with Crippen molar-refractivity contribution >= 4 is 22.6 Å². The molecular weight excluding hydrogens is 380 g/mol. The number of rotatable bonds is 7. The fourth-order valence-corrected chi connectivity index (χ4v) is 2.85. The maximum Gasteiger partial charge on any atom is 0.387 e. The number of furan rings is 1. The molecule has 7 nitrogen and oxygen atoms in total. The minimum atomic E-state index is -2.93. The van der Waals surface area contributed by atoms with Crippen LogP contribution in [0.3, 0.4) is 0 Å². The SMILES string of the molecule is CC(O)Cc1nsc(NC(=O)c2coc(-c3cccc(OC(F)F)c3)c2)n1. The molecule has 1 unspecified atom stereocenters. The molecule has 0 radical (unpaired) electrons. The van der Waals surface area contributed by atoms with Gasteiger partial charge < -0.3 is 14.3 Å². The van der Waals surface area contributed by atoms with Crippen LogP contribution in [0.1, 0.15) is 23.1 Å². The summed E-state index contributed by atoms with van der Waals surface area (Å²) in [5.74, 6) is 0.301. The second-order valence-corrected chi connectivity index (χ2v) is 6.38. The Balaban J connectivity index is 1.70. The highest BCUT2D eigenvalue weighted by molar-refractivity contribution is 7.09. The molecule has 0 aliphatic rings. The number of hydrogen-bond acceptors (Lipinski definition) is 7. The van der Waals surface area contributed by atoms with E-state index >= 15 is 0 Å². The second-order valence-electron chi connectivity index (χ2n) is 5.63. The van der Waals surface area contributed by atoms with Crippen molar-refractivity contribution in [1.82, 2.24) is 9.36 Å². The number of aliphatic hydroxyl groups excluding tert-OH is 1. The van der Waals surface area contributed by atoms with Crippen molar-refractivity contribution in [3.63, 3.8) is 0 Å². The summed E-state index contributed by atoms with van der Waals surface area (Å²) in [6.45, 7) is -1.31. The molecule has 27 heavy (non-hydrogen) atoms. The number of ether oxygens (including phenoxy) is 1. The highest BCUT2D eigenvalue weighted by Gasteiger charge is 2.15. The van der Waals surface area contributed by atoms with Crippen LogP contribution in [0.5, 0.6) is 5.75 Å². The van der Waals surface area contributed by atoms with E-state index in [1.807, 2.05) is 0 Å². The largest absolute Gasteiger partial charge is 0.464 e. The maximum absolute atomic E-state index is 12.3. The number of nitrogens with one attached hydrogen (secondary N) is 1. The third kappa shape index (κ3) is 5.08. The average Bonchev–Trinajstić information content (AvgIpc) is 3.23. The van der Waals surface area contributed by atoms with Gasteiger partial charge in [-0.15, -0.1) is 0 Å². The molecule has 3 rings (SSSR count). The molecule has 0 aliphatic heterocycles. The van der Waals surface area contributed by atoms with Crippen molar-refractivity contribution in [2.24, 2.45) is 0 Å². The molecule has 2 heterocycles. The first-order valence-electron chi connectivity index (χ1n) is 7.86. The Kier molecular flexibility index (Phi) is 5.77. The van der Waals surface area contributed by atoms with E-state index < -0.39 is 18.6 Å². The summed E-state index contributed by atoms with van der Waals surface area (Å²) in [6, 6.07) is 7.45. The lowest BCUT2D eigenvalue weighted by atomic mass is 10.1. The smallest absolute Gasteiger partial charge is 0.387 e. The van der Waals surface area contributed by atoms with Gasteiger partial charge in [-0.3, -0.25) is 10.1 Å². The quantitative estimate of drug-likeness (QED) is 0.635. The molecule has 0 bridgehead atoms. The van der Waals surface area contributed by atoms with Crippen LogP contribution in [0.2, 0.25) is 0 Å². The molecule has 2 aromatic heterocycles. The summed E-state index contributed by atoms with van der Waals surface area (Å²) in [6.07, 6.45) is 0.965. The first-order valence-corrected chi connectivity index (χ1v) is 8.64. The Bertz CT molecular complexity index is 926. The van der Waals surface area contributed by atoms with Crippen LogP contribution in [0.15, 0.2) is 41.0 Å². The number of benzene rings is 1. The molecule has 2 N–H and O–H groups in total. The van der Waals surface area contributed by atoms with Gasteiger partial charge in [-0.05, 0) is 25.1 Å². The van der Waals surface area contributed by atoms with Gasteiger partial charge in [0.2, 0.25) is 5.13 Å². The summed E-state index contributed by atoms with van der Waals surface area (Å²) < 4.78 is 38.4. The Hall–Kier alpha value is -2.85. The molecule has 0 spiro atoms. The van der Waals surface area contributed by atoms with Crippen LogP contribution in [0, 0.1) is 0 Å². The number of aliphatic hydroxyl groups is 1. The number of halogens is 2. The molecule has 10 heteroatoms. The molecule has 3 aromatic rings. The number of aromatic nitrogens is 2. The second kappa shape index (κ2) is 8.23. The van der Waals surface area contributed by atoms with Gasteiger partial charge in [0, 0.05) is 23.5 Å². The molecule has 1 aromatic carbocycles. The van der Waals surface area contributed by atoms with Crippen LogP contribution < -0.4 is 10.1 Å². The van der Waals surface area contributed by atoms with E-state index in [0.29, 0.717) is 28.7 Å². The van der Waals surface area contributed by atoms with Crippen LogP contribution in [0.25, 0.3) is 11.3 Å². The van der Waals surface area contributed by atoms with E-state index in [2.05, 4.69) is 19.4 Å². The van der Waals surface area contributed by atoms with Crippen molar-refractivity contribution in [3.05, 3.63) is 48.0 Å². The molecule has 0 aliphatic carbocycles. The molecule has 0 fully saturated rings. The zero-order chi connectivity index (χ0) is 19.4. The first kappa shape index (κ1) is 18.9. The van der Waals surface area contributed by atoms with E-state index in [1.165, 1.54) is 24.5 Å². The molecule has 0 saturated heterocycles. The third-order valence-electron chi connectivity index (χ3n) is 3.37. The Labute approximate surface area is 156 Å². The van der Waals surface area contributed by atoms with Gasteiger partial charge in [0.25, 0.3) is 5.91 Å². The lowest BCUT2D eigenvalue weighted by Gasteiger charge is -2.05. The van der Waals surface area contributed by atoms with Gasteiger partial charge in [0.1, 0.15) is 23.6 Å². The number of hydrogen-bond donors (Lipinski definition) is 2. The minimum Gasteiger partial charge on any atom is -0.464 e. The van der Waals surface area contributed by atoms with Crippen LogP contribution in [-0.4, -0.2) is 33.1 Å². The fourth-order valence-electron chi connectivity index (χ4n) is 2.25. The number of carbonyl (C=O) groups is 1. The van der Waals surface area contributed by atoms with Gasteiger partial charge in [-0.2, -0.15) is 13.2 Å². The molecule has 142 valence electrons. The summed E-state index contributed by atoms with van der Waals surface area (Å²) >= 11 is 1.00. The van der Waals surface area contributed by atoms with Crippen molar-refractivity contribution in [3.8, 4) is 17.1 Å². The van der Waals surface area contributed by atoms with Gasteiger partial charge in [-0.1, -0.05) is 12.1 Å².